The lowest BCUT2D eigenvalue weighted by molar-refractivity contribution is -0.385. The summed E-state index contributed by atoms with van der Waals surface area (Å²) >= 11 is 3.27. The molecule has 0 saturated carbocycles. The van der Waals surface area contributed by atoms with Crippen LogP contribution in [0.3, 0.4) is 0 Å². The Morgan fingerprint density at radius 1 is 1.38 bits per heavy atom. The van der Waals surface area contributed by atoms with Crippen LogP contribution in [0.2, 0.25) is 0 Å². The van der Waals surface area contributed by atoms with Crippen molar-refractivity contribution in [2.45, 2.75) is 6.54 Å². The summed E-state index contributed by atoms with van der Waals surface area (Å²) in [5.74, 6) is 0. The Morgan fingerprint density at radius 3 is 2.88 bits per heavy atom. The molecule has 0 atom stereocenters. The maximum Gasteiger partial charge on any atom is 0.278 e. The third-order valence-electron chi connectivity index (χ3n) is 3.16. The van der Waals surface area contributed by atoms with Gasteiger partial charge in [0.15, 0.2) is 0 Å². The van der Waals surface area contributed by atoms with Crippen LogP contribution >= 0.6 is 15.9 Å². The van der Waals surface area contributed by atoms with Crippen LogP contribution in [0.15, 0.2) is 58.0 Å². The van der Waals surface area contributed by atoms with Crippen LogP contribution in [0.1, 0.15) is 16.7 Å². The molecule has 0 fully saturated rings. The Balaban J connectivity index is 2.15. The van der Waals surface area contributed by atoms with Crippen molar-refractivity contribution in [3.63, 3.8) is 0 Å². The topological polar surface area (TPSA) is 105 Å². The predicted molar refractivity (Wildman–Crippen MR) is 96.3 cm³/mol. The molecule has 6 nitrogen and oxygen atoms in total. The number of nitrogens with two attached hydrogens (primary N) is 1. The van der Waals surface area contributed by atoms with Gasteiger partial charge >= 0.3 is 0 Å². The molecule has 0 aliphatic rings. The molecule has 0 radical (unpaired) electrons. The Kier molecular flexibility index (Phi) is 5.82. The zero-order valence-corrected chi connectivity index (χ0v) is 14.1. The van der Waals surface area contributed by atoms with Crippen LogP contribution in [-0.2, 0) is 6.54 Å². The quantitative estimate of drug-likeness (QED) is 0.480. The smallest absolute Gasteiger partial charge is 0.278 e. The third-order valence-corrected chi connectivity index (χ3v) is 3.65. The second-order valence-corrected chi connectivity index (χ2v) is 5.76. The molecule has 0 bridgehead atoms. The molecule has 0 aliphatic carbocycles. The predicted octanol–water partition coefficient (Wildman–Crippen LogP) is 3.80. The van der Waals surface area contributed by atoms with Crippen molar-refractivity contribution >= 4 is 33.5 Å². The summed E-state index contributed by atoms with van der Waals surface area (Å²) in [6.45, 7) is 0.389. The van der Waals surface area contributed by atoms with Gasteiger partial charge in [0.1, 0.15) is 0 Å². The zero-order valence-electron chi connectivity index (χ0n) is 12.5. The van der Waals surface area contributed by atoms with Gasteiger partial charge in [-0.3, -0.25) is 15.1 Å². The van der Waals surface area contributed by atoms with E-state index in [9.17, 15) is 10.1 Å². The standard InChI is InChI=1S/C17H13BrN4O2/c18-14-4-5-17(22(23)24)15(9-14)16(20)6-7-21-11-13-3-1-2-12(8-13)10-19/h1-9H,11,20H2/b16-6-,21-7?. The summed E-state index contributed by atoms with van der Waals surface area (Å²) < 4.78 is 0.699. The number of allylic oxidation sites excluding steroid dienone is 1. The molecular formula is C17H13BrN4O2. The SMILES string of the molecule is N#Cc1cccc(CN=C/C=C(\N)c2cc(Br)ccc2[N+](=O)[O-])c1. The highest BCUT2D eigenvalue weighted by atomic mass is 79.9. The van der Waals surface area contributed by atoms with E-state index in [-0.39, 0.29) is 11.4 Å². The van der Waals surface area contributed by atoms with Crippen molar-refractivity contribution in [2.75, 3.05) is 0 Å². The molecule has 7 heteroatoms. The van der Waals surface area contributed by atoms with Gasteiger partial charge < -0.3 is 5.73 Å². The summed E-state index contributed by atoms with van der Waals surface area (Å²) in [4.78, 5) is 14.8. The van der Waals surface area contributed by atoms with Crippen molar-refractivity contribution in [2.24, 2.45) is 10.7 Å². The van der Waals surface area contributed by atoms with Gasteiger partial charge in [-0.05, 0) is 35.9 Å². The summed E-state index contributed by atoms with van der Waals surface area (Å²) in [5.41, 5.74) is 7.90. The van der Waals surface area contributed by atoms with Crippen LogP contribution in [0, 0.1) is 21.4 Å². The van der Waals surface area contributed by atoms with Gasteiger partial charge in [-0.1, -0.05) is 28.1 Å². The van der Waals surface area contributed by atoms with E-state index in [2.05, 4.69) is 27.0 Å². The minimum atomic E-state index is -0.479. The fraction of sp³-hybridized carbons (Fsp3) is 0.0588. The number of nitro benzene ring substituents is 1. The summed E-state index contributed by atoms with van der Waals surface area (Å²) in [6.07, 6.45) is 3.02. The maximum absolute atomic E-state index is 11.1. The molecule has 2 rings (SSSR count). The van der Waals surface area contributed by atoms with E-state index >= 15 is 0 Å². The Labute approximate surface area is 147 Å². The second kappa shape index (κ2) is 8.04. The zero-order chi connectivity index (χ0) is 17.5. The number of nitriles is 1. The van der Waals surface area contributed by atoms with E-state index in [4.69, 9.17) is 11.0 Å². The number of aliphatic imine (C=N–C) groups is 1. The summed E-state index contributed by atoms with van der Waals surface area (Å²) in [6, 6.07) is 13.8. The first-order valence-corrected chi connectivity index (χ1v) is 7.69. The number of hydrogen-bond donors (Lipinski definition) is 1. The Hall–Kier alpha value is -2.98. The lowest BCUT2D eigenvalue weighted by atomic mass is 10.1. The average molecular weight is 385 g/mol. The number of nitrogens with zero attached hydrogens (tertiary/aromatic N) is 3. The number of rotatable bonds is 5. The van der Waals surface area contributed by atoms with Gasteiger partial charge in [0.25, 0.3) is 5.69 Å². The van der Waals surface area contributed by atoms with E-state index in [0.29, 0.717) is 22.1 Å². The number of benzene rings is 2. The third kappa shape index (κ3) is 4.51. The van der Waals surface area contributed by atoms with Crippen LogP contribution in [0.4, 0.5) is 5.69 Å². The first-order chi connectivity index (χ1) is 11.5. The largest absolute Gasteiger partial charge is 0.398 e. The molecular weight excluding hydrogens is 372 g/mol. The lowest BCUT2D eigenvalue weighted by Crippen LogP contribution is -2.01. The van der Waals surface area contributed by atoms with Crippen LogP contribution in [-0.4, -0.2) is 11.1 Å². The fourth-order valence-electron chi connectivity index (χ4n) is 2.02. The molecule has 2 N–H and O–H groups in total. The molecule has 0 spiro atoms. The number of nitro groups is 1. The summed E-state index contributed by atoms with van der Waals surface area (Å²) in [7, 11) is 0. The maximum atomic E-state index is 11.1. The minimum Gasteiger partial charge on any atom is -0.398 e. The van der Waals surface area contributed by atoms with E-state index in [0.717, 1.165) is 5.56 Å². The van der Waals surface area contributed by atoms with Gasteiger partial charge in [0.2, 0.25) is 0 Å². The molecule has 24 heavy (non-hydrogen) atoms. The van der Waals surface area contributed by atoms with E-state index < -0.39 is 4.92 Å². The van der Waals surface area contributed by atoms with Gasteiger partial charge in [-0.15, -0.1) is 0 Å². The van der Waals surface area contributed by atoms with Crippen molar-refractivity contribution < 1.29 is 4.92 Å². The van der Waals surface area contributed by atoms with E-state index in [1.807, 2.05) is 6.07 Å². The highest BCUT2D eigenvalue weighted by molar-refractivity contribution is 9.10. The van der Waals surface area contributed by atoms with Gasteiger partial charge in [-0.2, -0.15) is 5.26 Å². The van der Waals surface area contributed by atoms with Crippen molar-refractivity contribution in [3.8, 4) is 6.07 Å². The van der Waals surface area contributed by atoms with Gasteiger partial charge in [0.05, 0.1) is 28.7 Å². The molecule has 0 aliphatic heterocycles. The van der Waals surface area contributed by atoms with Crippen molar-refractivity contribution in [1.29, 1.82) is 5.26 Å². The molecule has 0 heterocycles. The monoisotopic (exact) mass is 384 g/mol. The van der Waals surface area contributed by atoms with Gasteiger partial charge in [0, 0.05) is 22.5 Å². The highest BCUT2D eigenvalue weighted by Gasteiger charge is 2.15. The van der Waals surface area contributed by atoms with E-state index in [1.165, 1.54) is 18.4 Å². The molecule has 0 saturated heterocycles. The normalized spacial score (nSPS) is 11.4. The Bertz CT molecular complexity index is 869. The van der Waals surface area contributed by atoms with Crippen LogP contribution in [0.5, 0.6) is 0 Å². The fourth-order valence-corrected chi connectivity index (χ4v) is 2.38. The Morgan fingerprint density at radius 2 is 2.17 bits per heavy atom. The van der Waals surface area contributed by atoms with Gasteiger partial charge in [-0.25, -0.2) is 0 Å². The minimum absolute atomic E-state index is 0.0675. The molecule has 120 valence electrons. The first-order valence-electron chi connectivity index (χ1n) is 6.90. The van der Waals surface area contributed by atoms with Crippen LogP contribution in [0.25, 0.3) is 5.70 Å². The molecule has 0 unspecified atom stereocenters. The molecule has 0 aromatic heterocycles. The van der Waals surface area contributed by atoms with Crippen molar-refractivity contribution in [1.82, 2.24) is 0 Å². The van der Waals surface area contributed by atoms with Crippen LogP contribution < -0.4 is 5.73 Å². The molecule has 0 amide bonds. The highest BCUT2D eigenvalue weighted by Crippen LogP contribution is 2.26. The molecule has 2 aromatic carbocycles. The first kappa shape index (κ1) is 17.4. The molecule has 2 aromatic rings. The second-order valence-electron chi connectivity index (χ2n) is 4.84. The lowest BCUT2D eigenvalue weighted by Gasteiger charge is -2.03. The van der Waals surface area contributed by atoms with Crippen molar-refractivity contribution in [3.05, 3.63) is 79.8 Å². The number of halogens is 1. The average Bonchev–Trinajstić information content (AvgIpc) is 2.58. The van der Waals surface area contributed by atoms with E-state index in [1.54, 1.807) is 30.3 Å². The number of hydrogen-bond acceptors (Lipinski definition) is 5. The summed E-state index contributed by atoms with van der Waals surface area (Å²) in [5, 5.41) is 19.9.